The Morgan fingerprint density at radius 1 is 1.23 bits per heavy atom. The van der Waals surface area contributed by atoms with E-state index in [1.165, 1.54) is 6.42 Å². The molecule has 168 valence electrons. The number of nitrogens with zero attached hydrogens (tertiary/aromatic N) is 3. The number of thioether (sulfide) groups is 1. The summed E-state index contributed by atoms with van der Waals surface area (Å²) in [5, 5.41) is 3.29. The van der Waals surface area contributed by atoms with Crippen molar-refractivity contribution < 1.29 is 9.59 Å². The van der Waals surface area contributed by atoms with Crippen molar-refractivity contribution in [2.45, 2.75) is 76.9 Å². The van der Waals surface area contributed by atoms with Crippen molar-refractivity contribution in [3.05, 3.63) is 30.1 Å². The summed E-state index contributed by atoms with van der Waals surface area (Å²) in [6.07, 6.45) is 7.66. The molecule has 0 bridgehead atoms. The molecule has 1 atom stereocenters. The number of hydrogen-bond acceptors (Lipinski definition) is 4. The van der Waals surface area contributed by atoms with Crippen molar-refractivity contribution in [2.24, 2.45) is 0 Å². The van der Waals surface area contributed by atoms with E-state index < -0.39 is 5.54 Å². The first-order valence-electron chi connectivity index (χ1n) is 11.7. The van der Waals surface area contributed by atoms with E-state index >= 15 is 0 Å². The van der Waals surface area contributed by atoms with Gasteiger partial charge in [-0.25, -0.2) is 4.98 Å². The number of rotatable bonds is 8. The van der Waals surface area contributed by atoms with Crippen LogP contribution in [0.4, 0.5) is 0 Å². The topological polar surface area (TPSA) is 67.2 Å². The van der Waals surface area contributed by atoms with Crippen LogP contribution in [0.5, 0.6) is 0 Å². The highest BCUT2D eigenvalue weighted by Gasteiger charge is 2.48. The summed E-state index contributed by atoms with van der Waals surface area (Å²) < 4.78 is 1.94. The summed E-state index contributed by atoms with van der Waals surface area (Å²) in [7, 11) is 0. The molecule has 1 saturated carbocycles. The van der Waals surface area contributed by atoms with Gasteiger partial charge in [-0.2, -0.15) is 11.8 Å². The molecule has 2 aliphatic rings. The minimum Gasteiger partial charge on any atom is -0.351 e. The monoisotopic (exact) mass is 442 g/mol. The van der Waals surface area contributed by atoms with Gasteiger partial charge in [-0.05, 0) is 56.2 Å². The predicted octanol–water partition coefficient (Wildman–Crippen LogP) is 4.23. The Kier molecular flexibility index (Phi) is 6.89. The van der Waals surface area contributed by atoms with Gasteiger partial charge in [0.1, 0.15) is 5.54 Å². The van der Waals surface area contributed by atoms with Crippen molar-refractivity contribution >= 4 is 34.6 Å². The van der Waals surface area contributed by atoms with Gasteiger partial charge in [-0.15, -0.1) is 0 Å². The molecule has 1 N–H and O–H groups in total. The molecule has 1 aliphatic carbocycles. The van der Waals surface area contributed by atoms with Crippen molar-refractivity contribution in [2.75, 3.05) is 18.1 Å². The van der Waals surface area contributed by atoms with Gasteiger partial charge in [0, 0.05) is 12.6 Å². The molecular formula is C24H34N4O2S. The van der Waals surface area contributed by atoms with Crippen molar-refractivity contribution in [3.63, 3.8) is 0 Å². The first kappa shape index (κ1) is 22.2. The van der Waals surface area contributed by atoms with Crippen molar-refractivity contribution in [1.82, 2.24) is 19.8 Å². The number of amides is 2. The minimum absolute atomic E-state index is 0.0302. The van der Waals surface area contributed by atoms with Crippen LogP contribution in [0.2, 0.25) is 0 Å². The van der Waals surface area contributed by atoms with E-state index in [4.69, 9.17) is 0 Å². The fraction of sp³-hybridized carbons (Fsp3) is 0.625. The first-order valence-corrected chi connectivity index (χ1v) is 12.9. The van der Waals surface area contributed by atoms with Crippen LogP contribution < -0.4 is 5.32 Å². The Bertz CT molecular complexity index is 937. The van der Waals surface area contributed by atoms with Gasteiger partial charge in [0.05, 0.1) is 17.6 Å². The number of benzene rings is 1. The molecule has 7 heteroatoms. The van der Waals surface area contributed by atoms with Gasteiger partial charge in [0.2, 0.25) is 5.91 Å². The smallest absolute Gasteiger partial charge is 0.290 e. The van der Waals surface area contributed by atoms with E-state index in [1.54, 1.807) is 4.90 Å². The van der Waals surface area contributed by atoms with E-state index in [1.807, 2.05) is 47.5 Å². The summed E-state index contributed by atoms with van der Waals surface area (Å²) in [6, 6.07) is 8.02. The zero-order chi connectivity index (χ0) is 21.8. The fourth-order valence-corrected chi connectivity index (χ4v) is 5.66. The van der Waals surface area contributed by atoms with Crippen LogP contribution in [0.1, 0.15) is 69.4 Å². The number of aromatic nitrogens is 2. The highest BCUT2D eigenvalue weighted by molar-refractivity contribution is 7.99. The van der Waals surface area contributed by atoms with Gasteiger partial charge in [0.15, 0.2) is 5.82 Å². The lowest BCUT2D eigenvalue weighted by Crippen LogP contribution is -2.65. The maximum Gasteiger partial charge on any atom is 0.290 e. The molecule has 2 amide bonds. The Morgan fingerprint density at radius 3 is 2.77 bits per heavy atom. The Balaban J connectivity index is 1.61. The third-order valence-electron chi connectivity index (χ3n) is 6.60. The molecule has 0 saturated heterocycles. The standard InChI is InChI=1S/C24H34N4O2S/c1-3-15-31-16-9-14-28-22(29)21-26-19-12-7-8-13-20(19)27(21)17-24(28,2)23(30)25-18-10-5-4-6-11-18/h7-8,12-13,18H,3-6,9-11,14-17H2,1-2H3,(H,25,30)/t24-/m1/s1. The lowest BCUT2D eigenvalue weighted by Gasteiger charge is -2.44. The first-order chi connectivity index (χ1) is 15.0. The number of nitrogens with one attached hydrogen (secondary N) is 1. The van der Waals surface area contributed by atoms with E-state index in [9.17, 15) is 9.59 Å². The van der Waals surface area contributed by atoms with Crippen molar-refractivity contribution in [3.8, 4) is 0 Å². The third kappa shape index (κ3) is 4.47. The maximum absolute atomic E-state index is 13.6. The maximum atomic E-state index is 13.6. The molecule has 6 nitrogen and oxygen atoms in total. The summed E-state index contributed by atoms with van der Waals surface area (Å²) in [4.78, 5) is 33.6. The van der Waals surface area contributed by atoms with Gasteiger partial charge in [-0.1, -0.05) is 38.3 Å². The predicted molar refractivity (Wildman–Crippen MR) is 126 cm³/mol. The van der Waals surface area contributed by atoms with Gasteiger partial charge in [0.25, 0.3) is 5.91 Å². The molecule has 0 radical (unpaired) electrons. The van der Waals surface area contributed by atoms with Crippen LogP contribution in [0.25, 0.3) is 11.0 Å². The van der Waals surface area contributed by atoms with Crippen LogP contribution in [0.15, 0.2) is 24.3 Å². The molecular weight excluding hydrogens is 408 g/mol. The molecule has 4 rings (SSSR count). The highest BCUT2D eigenvalue weighted by Crippen LogP contribution is 2.31. The molecule has 31 heavy (non-hydrogen) atoms. The van der Waals surface area contributed by atoms with Crippen LogP contribution >= 0.6 is 11.8 Å². The van der Waals surface area contributed by atoms with Crippen LogP contribution in [-0.2, 0) is 11.3 Å². The molecule has 1 aromatic carbocycles. The zero-order valence-corrected chi connectivity index (χ0v) is 19.5. The summed E-state index contributed by atoms with van der Waals surface area (Å²) in [5.41, 5.74) is 0.808. The van der Waals surface area contributed by atoms with E-state index in [0.717, 1.165) is 61.1 Å². The zero-order valence-electron chi connectivity index (χ0n) is 18.7. The number of para-hydroxylation sites is 2. The third-order valence-corrected chi connectivity index (χ3v) is 7.88. The molecule has 1 aliphatic heterocycles. The van der Waals surface area contributed by atoms with Crippen LogP contribution in [0, 0.1) is 0 Å². The highest BCUT2D eigenvalue weighted by atomic mass is 32.2. The normalized spacial score (nSPS) is 22.0. The molecule has 2 heterocycles. The number of hydrogen-bond donors (Lipinski definition) is 1. The lowest BCUT2D eigenvalue weighted by atomic mass is 9.91. The van der Waals surface area contributed by atoms with Gasteiger partial charge < -0.3 is 14.8 Å². The second-order valence-corrected chi connectivity index (χ2v) is 10.2. The molecule has 2 aromatic rings. The second kappa shape index (κ2) is 9.63. The van der Waals surface area contributed by atoms with E-state index in [2.05, 4.69) is 17.2 Å². The van der Waals surface area contributed by atoms with Gasteiger partial charge in [-0.3, -0.25) is 9.59 Å². The average molecular weight is 443 g/mol. The Morgan fingerprint density at radius 2 is 2.00 bits per heavy atom. The molecule has 1 aromatic heterocycles. The SMILES string of the molecule is CCCSCCCN1C(=O)c2nc3ccccc3n2C[C@]1(C)C(=O)NC1CCCCC1. The lowest BCUT2D eigenvalue weighted by molar-refractivity contribution is -0.133. The van der Waals surface area contributed by atoms with Crippen molar-refractivity contribution in [1.29, 1.82) is 0 Å². The van der Waals surface area contributed by atoms with E-state index in [0.29, 0.717) is 18.9 Å². The van der Waals surface area contributed by atoms with Crippen LogP contribution in [0.3, 0.4) is 0 Å². The number of imidazole rings is 1. The molecule has 0 spiro atoms. The van der Waals surface area contributed by atoms with E-state index in [-0.39, 0.29) is 17.9 Å². The Labute approximate surface area is 189 Å². The van der Waals surface area contributed by atoms with Crippen LogP contribution in [-0.4, -0.2) is 55.9 Å². The number of fused-ring (bicyclic) bond motifs is 3. The summed E-state index contributed by atoms with van der Waals surface area (Å²) in [6.45, 7) is 5.13. The largest absolute Gasteiger partial charge is 0.351 e. The summed E-state index contributed by atoms with van der Waals surface area (Å²) >= 11 is 1.91. The number of carbonyl (C=O) groups excluding carboxylic acids is 2. The molecule has 0 unspecified atom stereocenters. The molecule has 1 fully saturated rings. The average Bonchev–Trinajstić information content (AvgIpc) is 3.15. The Hall–Kier alpha value is -2.02. The van der Waals surface area contributed by atoms with Gasteiger partial charge >= 0.3 is 0 Å². The number of carbonyl (C=O) groups is 2. The summed E-state index contributed by atoms with van der Waals surface area (Å²) in [5.74, 6) is 2.41. The minimum atomic E-state index is -0.916. The fourth-order valence-electron chi connectivity index (χ4n) is 4.84. The quantitative estimate of drug-likeness (QED) is 0.621. The second-order valence-electron chi connectivity index (χ2n) is 9.02.